The second kappa shape index (κ2) is 9.62. The van der Waals surface area contributed by atoms with E-state index in [4.69, 9.17) is 0 Å². The van der Waals surface area contributed by atoms with Gasteiger partial charge in [-0.1, -0.05) is 88.4 Å². The molecule has 0 aliphatic rings. The predicted molar refractivity (Wildman–Crippen MR) is 160 cm³/mol. The Bertz CT molecular complexity index is 1600. The number of aromatic nitrogens is 3. The van der Waals surface area contributed by atoms with Crippen molar-refractivity contribution in [3.8, 4) is 17.2 Å². The van der Waals surface area contributed by atoms with Crippen molar-refractivity contribution in [1.82, 2.24) is 9.13 Å². The van der Waals surface area contributed by atoms with Crippen LogP contribution >= 0.6 is 0 Å². The van der Waals surface area contributed by atoms with Gasteiger partial charge in [0.25, 0.3) is 0 Å². The van der Waals surface area contributed by atoms with Crippen LogP contribution in [-0.4, -0.2) is 9.13 Å². The van der Waals surface area contributed by atoms with E-state index in [0.717, 1.165) is 0 Å². The van der Waals surface area contributed by atoms with Gasteiger partial charge in [-0.15, -0.1) is 0 Å². The number of hydrogen-bond donors (Lipinski definition) is 0. The topological polar surface area (TPSA) is 13.7 Å². The first kappa shape index (κ1) is 26.0. The molecule has 5 rings (SSSR count). The van der Waals surface area contributed by atoms with Crippen molar-refractivity contribution in [2.24, 2.45) is 14.1 Å². The maximum Gasteiger partial charge on any atom is 0.311 e. The molecule has 0 N–H and O–H groups in total. The summed E-state index contributed by atoms with van der Waals surface area (Å²) in [6, 6.07) is 26.7. The fourth-order valence-electron chi connectivity index (χ4n) is 6.30. The quantitative estimate of drug-likeness (QED) is 0.206. The van der Waals surface area contributed by atoms with Crippen LogP contribution in [0.5, 0.6) is 0 Å². The molecule has 0 radical (unpaired) electrons. The Balaban J connectivity index is 1.91. The summed E-state index contributed by atoms with van der Waals surface area (Å²) in [5.74, 6) is 2.02. The fourth-order valence-corrected chi connectivity index (χ4v) is 6.30. The molecule has 5 aromatic rings. The van der Waals surface area contributed by atoms with Crippen molar-refractivity contribution in [2.75, 3.05) is 0 Å². The first-order valence-electron chi connectivity index (χ1n) is 13.9. The summed E-state index contributed by atoms with van der Waals surface area (Å²) in [5, 5.41) is 1.26. The van der Waals surface area contributed by atoms with E-state index in [1.165, 1.54) is 56.1 Å². The number of benzene rings is 3. The van der Waals surface area contributed by atoms with Gasteiger partial charge in [0.1, 0.15) is 17.6 Å². The number of rotatable bonds is 6. The summed E-state index contributed by atoms with van der Waals surface area (Å²) in [6.07, 6.45) is 2.41. The van der Waals surface area contributed by atoms with Crippen LogP contribution in [0.2, 0.25) is 0 Å². The number of nitrogens with zero attached hydrogens (tertiary/aromatic N) is 3. The standard InChI is InChI=1S/C35H42N3/c1-23(2)27-17-14-18-28(24(3)4)33(27)38-22-32(35(6,7)29-19-12-10-15-25(29)5)37(9)34(38)31-21-26-16-11-13-20-30(26)36(31)8/h10-24H,1-9H3/q+1. The Morgan fingerprint density at radius 1 is 0.737 bits per heavy atom. The molecule has 0 saturated carbocycles. The van der Waals surface area contributed by atoms with Gasteiger partial charge in [-0.3, -0.25) is 0 Å². The lowest BCUT2D eigenvalue weighted by Crippen LogP contribution is -2.35. The van der Waals surface area contributed by atoms with Gasteiger partial charge in [0, 0.05) is 29.1 Å². The van der Waals surface area contributed by atoms with Gasteiger partial charge >= 0.3 is 5.82 Å². The average Bonchev–Trinajstić information content (AvgIpc) is 3.40. The number of hydrogen-bond acceptors (Lipinski definition) is 0. The number of aryl methyl sites for hydroxylation is 2. The van der Waals surface area contributed by atoms with E-state index < -0.39 is 0 Å². The van der Waals surface area contributed by atoms with Crippen molar-refractivity contribution >= 4 is 10.9 Å². The van der Waals surface area contributed by atoms with E-state index in [1.807, 2.05) is 0 Å². The third-order valence-corrected chi connectivity index (χ3v) is 8.38. The van der Waals surface area contributed by atoms with E-state index in [2.05, 4.69) is 155 Å². The number of imidazole rings is 1. The molecule has 2 aromatic heterocycles. The molecular formula is C35H42N3+. The van der Waals surface area contributed by atoms with Crippen LogP contribution < -0.4 is 4.57 Å². The minimum Gasteiger partial charge on any atom is -0.337 e. The molecule has 38 heavy (non-hydrogen) atoms. The summed E-state index contributed by atoms with van der Waals surface area (Å²) in [6.45, 7) is 16.2. The van der Waals surface area contributed by atoms with Gasteiger partial charge in [0.05, 0.1) is 12.5 Å². The van der Waals surface area contributed by atoms with Crippen molar-refractivity contribution in [3.05, 3.63) is 107 Å². The lowest BCUT2D eigenvalue weighted by molar-refractivity contribution is -0.584. The van der Waals surface area contributed by atoms with Gasteiger partial charge < -0.3 is 4.57 Å². The zero-order valence-electron chi connectivity index (χ0n) is 24.5. The molecule has 0 bridgehead atoms. The maximum atomic E-state index is 2.49. The smallest absolute Gasteiger partial charge is 0.311 e. The molecule has 0 atom stereocenters. The SMILES string of the molecule is Cc1ccccc1C(C)(C)c1c[n+](-c2c(C(C)C)cccc2C(C)C)c(-c2cc3ccccc3n2C)n1C. The highest BCUT2D eigenvalue weighted by atomic mass is 15.2. The largest absolute Gasteiger partial charge is 0.337 e. The molecule has 2 heterocycles. The highest BCUT2D eigenvalue weighted by Gasteiger charge is 2.38. The second-order valence-corrected chi connectivity index (χ2v) is 11.9. The van der Waals surface area contributed by atoms with Gasteiger partial charge in [-0.05, 0) is 55.9 Å². The molecule has 3 aromatic carbocycles. The van der Waals surface area contributed by atoms with E-state index in [-0.39, 0.29) is 5.41 Å². The van der Waals surface area contributed by atoms with Crippen LogP contribution in [0.3, 0.4) is 0 Å². The summed E-state index contributed by atoms with van der Waals surface area (Å²) in [7, 11) is 4.44. The summed E-state index contributed by atoms with van der Waals surface area (Å²) >= 11 is 0. The van der Waals surface area contributed by atoms with Crippen molar-refractivity contribution in [3.63, 3.8) is 0 Å². The van der Waals surface area contributed by atoms with E-state index in [0.29, 0.717) is 11.8 Å². The van der Waals surface area contributed by atoms with Gasteiger partial charge in [-0.2, -0.15) is 4.57 Å². The van der Waals surface area contributed by atoms with Gasteiger partial charge in [0.15, 0.2) is 5.69 Å². The Hall–Kier alpha value is -3.59. The zero-order valence-corrected chi connectivity index (χ0v) is 24.5. The first-order chi connectivity index (χ1) is 18.0. The van der Waals surface area contributed by atoms with Gasteiger partial charge in [0.2, 0.25) is 0 Å². The minimum absolute atomic E-state index is 0.185. The molecule has 3 heteroatoms. The molecule has 196 valence electrons. The highest BCUT2D eigenvalue weighted by Crippen LogP contribution is 2.37. The number of fused-ring (bicyclic) bond motifs is 1. The molecule has 0 amide bonds. The average molecular weight is 505 g/mol. The number of para-hydroxylation sites is 2. The minimum atomic E-state index is -0.185. The molecule has 0 saturated heterocycles. The van der Waals surface area contributed by atoms with Crippen molar-refractivity contribution in [2.45, 2.75) is 65.7 Å². The Kier molecular flexibility index (Phi) is 6.59. The van der Waals surface area contributed by atoms with Crippen LogP contribution in [0.4, 0.5) is 0 Å². The van der Waals surface area contributed by atoms with Crippen molar-refractivity contribution < 1.29 is 4.57 Å². The molecule has 0 fully saturated rings. The molecular weight excluding hydrogens is 462 g/mol. The van der Waals surface area contributed by atoms with Crippen LogP contribution in [0, 0.1) is 6.92 Å². The van der Waals surface area contributed by atoms with Crippen LogP contribution in [0.1, 0.15) is 81.3 Å². The first-order valence-corrected chi connectivity index (χ1v) is 13.9. The zero-order chi connectivity index (χ0) is 27.4. The predicted octanol–water partition coefficient (Wildman–Crippen LogP) is 8.34. The monoisotopic (exact) mass is 504 g/mol. The molecule has 0 aliphatic carbocycles. The summed E-state index contributed by atoms with van der Waals surface area (Å²) in [5.41, 5.74) is 10.3. The Morgan fingerprint density at radius 3 is 1.95 bits per heavy atom. The van der Waals surface area contributed by atoms with Crippen molar-refractivity contribution in [1.29, 1.82) is 0 Å². The Morgan fingerprint density at radius 2 is 1.34 bits per heavy atom. The lowest BCUT2D eigenvalue weighted by Gasteiger charge is -2.24. The molecule has 0 aliphatic heterocycles. The lowest BCUT2D eigenvalue weighted by atomic mass is 9.79. The normalized spacial score (nSPS) is 12.3. The van der Waals surface area contributed by atoms with E-state index in [1.54, 1.807) is 0 Å². The Labute approximate surface area is 228 Å². The fraction of sp³-hybridized carbons (Fsp3) is 0.343. The third kappa shape index (κ3) is 4.09. The van der Waals surface area contributed by atoms with Crippen LogP contribution in [0.15, 0.2) is 79.0 Å². The maximum absolute atomic E-state index is 2.49. The summed E-state index contributed by atoms with van der Waals surface area (Å²) < 4.78 is 7.27. The summed E-state index contributed by atoms with van der Waals surface area (Å²) in [4.78, 5) is 0. The van der Waals surface area contributed by atoms with Crippen LogP contribution in [-0.2, 0) is 19.5 Å². The molecule has 3 nitrogen and oxygen atoms in total. The molecule has 0 unspecified atom stereocenters. The van der Waals surface area contributed by atoms with E-state index in [9.17, 15) is 0 Å². The van der Waals surface area contributed by atoms with Crippen LogP contribution in [0.25, 0.3) is 28.1 Å². The highest BCUT2D eigenvalue weighted by molar-refractivity contribution is 5.85. The van der Waals surface area contributed by atoms with Gasteiger partial charge in [-0.25, -0.2) is 4.57 Å². The third-order valence-electron chi connectivity index (χ3n) is 8.38. The second-order valence-electron chi connectivity index (χ2n) is 11.9. The molecule has 0 spiro atoms. The van der Waals surface area contributed by atoms with E-state index >= 15 is 0 Å².